The van der Waals surface area contributed by atoms with Crippen molar-refractivity contribution < 1.29 is 13.6 Å². The Kier molecular flexibility index (Phi) is 4.70. The van der Waals surface area contributed by atoms with E-state index in [9.17, 15) is 13.6 Å². The van der Waals surface area contributed by atoms with Crippen LogP contribution in [0.4, 0.5) is 20.2 Å². The SMILES string of the molecule is CCNc1ccnc(C(=O)Nc2c(F)cc(F)cc2Cl)c1. The zero-order valence-electron chi connectivity index (χ0n) is 11.1. The third-order valence-electron chi connectivity index (χ3n) is 2.62. The maximum absolute atomic E-state index is 13.6. The van der Waals surface area contributed by atoms with Crippen molar-refractivity contribution >= 4 is 28.9 Å². The molecule has 0 atom stereocenters. The number of nitrogens with zero attached hydrogens (tertiary/aromatic N) is 1. The number of carbonyl (C=O) groups excluding carboxylic acids is 1. The molecule has 2 N–H and O–H groups in total. The Morgan fingerprint density at radius 2 is 2.10 bits per heavy atom. The van der Waals surface area contributed by atoms with Gasteiger partial charge in [-0.05, 0) is 25.1 Å². The number of hydrogen-bond acceptors (Lipinski definition) is 3. The van der Waals surface area contributed by atoms with Crippen molar-refractivity contribution in [3.63, 3.8) is 0 Å². The van der Waals surface area contributed by atoms with Gasteiger partial charge in [0.15, 0.2) is 5.82 Å². The van der Waals surface area contributed by atoms with Crippen molar-refractivity contribution in [1.29, 1.82) is 0 Å². The van der Waals surface area contributed by atoms with Gasteiger partial charge in [-0.2, -0.15) is 0 Å². The Hall–Kier alpha value is -2.21. The summed E-state index contributed by atoms with van der Waals surface area (Å²) in [6.07, 6.45) is 1.45. The highest BCUT2D eigenvalue weighted by atomic mass is 35.5. The molecule has 1 aromatic carbocycles. The van der Waals surface area contributed by atoms with E-state index in [4.69, 9.17) is 11.6 Å². The minimum Gasteiger partial charge on any atom is -0.385 e. The molecular weight excluding hydrogens is 300 g/mol. The van der Waals surface area contributed by atoms with Crippen LogP contribution in [0.5, 0.6) is 0 Å². The van der Waals surface area contributed by atoms with Crippen molar-refractivity contribution in [1.82, 2.24) is 4.98 Å². The van der Waals surface area contributed by atoms with E-state index in [2.05, 4.69) is 15.6 Å². The second-order valence-corrected chi connectivity index (χ2v) is 4.57. The minimum absolute atomic E-state index is 0.0910. The van der Waals surface area contributed by atoms with Gasteiger partial charge in [0.25, 0.3) is 5.91 Å². The van der Waals surface area contributed by atoms with Gasteiger partial charge in [-0.15, -0.1) is 0 Å². The zero-order valence-corrected chi connectivity index (χ0v) is 11.8. The lowest BCUT2D eigenvalue weighted by atomic mass is 10.2. The van der Waals surface area contributed by atoms with Crippen LogP contribution in [0.25, 0.3) is 0 Å². The Morgan fingerprint density at radius 3 is 2.76 bits per heavy atom. The van der Waals surface area contributed by atoms with Gasteiger partial charge in [-0.1, -0.05) is 11.6 Å². The van der Waals surface area contributed by atoms with Gasteiger partial charge in [0.2, 0.25) is 0 Å². The average Bonchev–Trinajstić information content (AvgIpc) is 2.43. The van der Waals surface area contributed by atoms with Crippen molar-refractivity contribution in [2.45, 2.75) is 6.92 Å². The largest absolute Gasteiger partial charge is 0.385 e. The molecule has 110 valence electrons. The predicted octanol–water partition coefficient (Wildman–Crippen LogP) is 3.70. The van der Waals surface area contributed by atoms with E-state index < -0.39 is 17.5 Å². The molecule has 1 heterocycles. The monoisotopic (exact) mass is 311 g/mol. The number of nitrogens with one attached hydrogen (secondary N) is 2. The lowest BCUT2D eigenvalue weighted by Crippen LogP contribution is -2.15. The Labute approximate surface area is 125 Å². The summed E-state index contributed by atoms with van der Waals surface area (Å²) >= 11 is 5.72. The van der Waals surface area contributed by atoms with E-state index in [-0.39, 0.29) is 16.4 Å². The molecule has 0 aliphatic heterocycles. The molecule has 1 amide bonds. The molecule has 0 unspecified atom stereocenters. The molecule has 0 saturated heterocycles. The summed E-state index contributed by atoms with van der Waals surface area (Å²) in [4.78, 5) is 15.9. The topological polar surface area (TPSA) is 54.0 Å². The van der Waals surface area contributed by atoms with Crippen LogP contribution < -0.4 is 10.6 Å². The fourth-order valence-electron chi connectivity index (χ4n) is 1.71. The number of carbonyl (C=O) groups is 1. The van der Waals surface area contributed by atoms with Crippen LogP contribution in [0.3, 0.4) is 0 Å². The highest BCUT2D eigenvalue weighted by Gasteiger charge is 2.15. The summed E-state index contributed by atoms with van der Waals surface area (Å²) in [5.41, 5.74) is 0.523. The number of hydrogen-bond donors (Lipinski definition) is 2. The normalized spacial score (nSPS) is 10.3. The molecule has 0 saturated carbocycles. The summed E-state index contributed by atoms with van der Waals surface area (Å²) in [7, 11) is 0. The van der Waals surface area contributed by atoms with Gasteiger partial charge in [0, 0.05) is 24.5 Å². The molecule has 2 aromatic rings. The molecule has 0 aliphatic carbocycles. The Morgan fingerprint density at radius 1 is 1.33 bits per heavy atom. The Bertz CT molecular complexity index is 656. The van der Waals surface area contributed by atoms with E-state index in [1.807, 2.05) is 6.92 Å². The fraction of sp³-hybridized carbons (Fsp3) is 0.143. The molecule has 21 heavy (non-hydrogen) atoms. The molecule has 0 fully saturated rings. The quantitative estimate of drug-likeness (QED) is 0.905. The van der Waals surface area contributed by atoms with Crippen LogP contribution in [0.1, 0.15) is 17.4 Å². The van der Waals surface area contributed by atoms with Gasteiger partial charge in [-0.3, -0.25) is 9.78 Å². The number of benzene rings is 1. The van der Waals surface area contributed by atoms with Crippen molar-refractivity contribution in [2.24, 2.45) is 0 Å². The standard InChI is InChI=1S/C14H12ClF2N3O/c1-2-18-9-3-4-19-12(7-9)14(21)20-13-10(15)5-8(16)6-11(13)17/h3-7H,2H2,1H3,(H,18,19)(H,20,21). The lowest BCUT2D eigenvalue weighted by Gasteiger charge is -2.09. The number of pyridine rings is 1. The van der Waals surface area contributed by atoms with Crippen LogP contribution in [0, 0.1) is 11.6 Å². The number of amides is 1. The van der Waals surface area contributed by atoms with Gasteiger partial charge >= 0.3 is 0 Å². The summed E-state index contributed by atoms with van der Waals surface area (Å²) in [5, 5.41) is 5.10. The first-order chi connectivity index (χ1) is 10.0. The third-order valence-corrected chi connectivity index (χ3v) is 2.92. The number of halogens is 3. The van der Waals surface area contributed by atoms with E-state index in [1.165, 1.54) is 12.3 Å². The molecule has 0 radical (unpaired) electrons. The first-order valence-electron chi connectivity index (χ1n) is 6.17. The molecule has 0 bridgehead atoms. The zero-order chi connectivity index (χ0) is 15.4. The number of rotatable bonds is 4. The summed E-state index contributed by atoms with van der Waals surface area (Å²) in [6.45, 7) is 2.59. The predicted molar refractivity (Wildman–Crippen MR) is 77.7 cm³/mol. The molecular formula is C14H12ClF2N3O. The van der Waals surface area contributed by atoms with E-state index in [0.717, 1.165) is 6.07 Å². The van der Waals surface area contributed by atoms with Crippen LogP contribution in [-0.4, -0.2) is 17.4 Å². The van der Waals surface area contributed by atoms with Crippen LogP contribution in [0.2, 0.25) is 5.02 Å². The summed E-state index contributed by atoms with van der Waals surface area (Å²) < 4.78 is 26.6. The van der Waals surface area contributed by atoms with E-state index >= 15 is 0 Å². The van der Waals surface area contributed by atoms with Gasteiger partial charge in [0.05, 0.1) is 10.7 Å². The van der Waals surface area contributed by atoms with Crippen LogP contribution in [0.15, 0.2) is 30.5 Å². The van der Waals surface area contributed by atoms with Gasteiger partial charge in [0.1, 0.15) is 11.5 Å². The van der Waals surface area contributed by atoms with Gasteiger partial charge < -0.3 is 10.6 Å². The molecule has 7 heteroatoms. The highest BCUT2D eigenvalue weighted by molar-refractivity contribution is 6.34. The second kappa shape index (κ2) is 6.49. The Balaban J connectivity index is 2.24. The molecule has 4 nitrogen and oxygen atoms in total. The smallest absolute Gasteiger partial charge is 0.274 e. The van der Waals surface area contributed by atoms with E-state index in [1.54, 1.807) is 6.07 Å². The van der Waals surface area contributed by atoms with E-state index in [0.29, 0.717) is 18.3 Å². The molecule has 0 spiro atoms. The van der Waals surface area contributed by atoms with Gasteiger partial charge in [-0.25, -0.2) is 8.78 Å². The van der Waals surface area contributed by atoms with Crippen molar-refractivity contribution in [2.75, 3.05) is 17.2 Å². The summed E-state index contributed by atoms with van der Waals surface area (Å²) in [6, 6.07) is 4.78. The van der Waals surface area contributed by atoms with Crippen LogP contribution >= 0.6 is 11.6 Å². The molecule has 2 rings (SSSR count). The number of anilines is 2. The highest BCUT2D eigenvalue weighted by Crippen LogP contribution is 2.26. The maximum atomic E-state index is 13.6. The van der Waals surface area contributed by atoms with Crippen molar-refractivity contribution in [3.8, 4) is 0 Å². The number of aromatic nitrogens is 1. The summed E-state index contributed by atoms with van der Waals surface area (Å²) in [5.74, 6) is -2.40. The first kappa shape index (κ1) is 15.2. The van der Waals surface area contributed by atoms with Crippen molar-refractivity contribution in [3.05, 3.63) is 52.8 Å². The maximum Gasteiger partial charge on any atom is 0.274 e. The van der Waals surface area contributed by atoms with Crippen LogP contribution in [-0.2, 0) is 0 Å². The first-order valence-corrected chi connectivity index (χ1v) is 6.55. The lowest BCUT2D eigenvalue weighted by molar-refractivity contribution is 0.102. The fourth-order valence-corrected chi connectivity index (χ4v) is 1.95. The molecule has 1 aromatic heterocycles. The second-order valence-electron chi connectivity index (χ2n) is 4.16. The minimum atomic E-state index is -0.948. The molecule has 0 aliphatic rings. The average molecular weight is 312 g/mol. The third kappa shape index (κ3) is 3.66.